The van der Waals surface area contributed by atoms with Crippen molar-refractivity contribution in [3.05, 3.63) is 198 Å². The number of carbonyl (C=O) groups is 1. The molecular weight excluding hydrogens is 564 g/mol. The fourth-order valence-corrected chi connectivity index (χ4v) is 7.41. The van der Waals surface area contributed by atoms with Gasteiger partial charge in [-0.25, -0.2) is 5.01 Å². The van der Waals surface area contributed by atoms with Gasteiger partial charge in [0.2, 0.25) is 11.6 Å². The topological polar surface area (TPSA) is 39.2 Å². The average Bonchev–Trinajstić information content (AvgIpc) is 3.62. The zero-order valence-corrected chi connectivity index (χ0v) is 25.4. The molecule has 1 atom stereocenters. The molecule has 1 unspecified atom stereocenters. The van der Waals surface area contributed by atoms with Gasteiger partial charge < -0.3 is 4.90 Å². The Morgan fingerprint density at radius 1 is 0.500 bits per heavy atom. The van der Waals surface area contributed by atoms with E-state index in [4.69, 9.17) is 5.10 Å². The van der Waals surface area contributed by atoms with Crippen molar-refractivity contribution in [2.24, 2.45) is 5.10 Å². The number of rotatable bonds is 6. The van der Waals surface area contributed by atoms with Gasteiger partial charge >= 0.3 is 0 Å². The second-order valence-electron chi connectivity index (χ2n) is 11.6. The van der Waals surface area contributed by atoms with Crippen LogP contribution < -0.4 is 14.8 Å². The molecule has 0 N–H and O–H groups in total. The molecule has 2 aliphatic rings. The Morgan fingerprint density at radius 2 is 0.913 bits per heavy atom. The van der Waals surface area contributed by atoms with Gasteiger partial charge in [-0.2, -0.15) is 0 Å². The summed E-state index contributed by atoms with van der Waals surface area (Å²) in [5.41, 5.74) is 6.22. The number of para-hydroxylation sites is 3. The maximum atomic E-state index is 13.8. The van der Waals surface area contributed by atoms with Crippen LogP contribution in [0.3, 0.4) is 0 Å². The second kappa shape index (κ2) is 10.9. The number of hydrogen-bond acceptors (Lipinski definition) is 5. The molecule has 2 aliphatic heterocycles. The summed E-state index contributed by atoms with van der Waals surface area (Å²) < 4.78 is 0. The molecule has 6 aromatic rings. The predicted molar refractivity (Wildman–Crippen MR) is 186 cm³/mol. The Morgan fingerprint density at radius 3 is 1.41 bits per heavy atom. The van der Waals surface area contributed by atoms with Gasteiger partial charge in [0, 0.05) is 23.9 Å². The number of hydrogen-bond donors (Lipinski definition) is 0. The van der Waals surface area contributed by atoms with E-state index in [9.17, 15) is 4.79 Å². The van der Waals surface area contributed by atoms with Gasteiger partial charge in [0.25, 0.3) is 0 Å². The lowest BCUT2D eigenvalue weighted by atomic mass is 9.77. The van der Waals surface area contributed by atoms with Crippen molar-refractivity contribution in [2.45, 2.75) is 18.2 Å². The first kappa shape index (κ1) is 27.6. The predicted octanol–water partition coefficient (Wildman–Crippen LogP) is 8.54. The van der Waals surface area contributed by atoms with Crippen LogP contribution in [0.2, 0.25) is 0 Å². The van der Waals surface area contributed by atoms with E-state index < -0.39 is 11.3 Å². The average molecular weight is 597 g/mol. The third-order valence-electron chi connectivity index (χ3n) is 9.07. The van der Waals surface area contributed by atoms with E-state index in [-0.39, 0.29) is 5.78 Å². The molecular formula is C41H32N4O. The standard InChI is InChI=1S/C41H32N4O/c1-31(46)39-42-45(36-27-15-6-16-28-36)41(43(39)34-23-11-4-12-24-34)38-30-18-17-29-37(38)40(32-19-7-2-8-20-32,33-21-9-3-10-22-33)44(41)35-25-13-5-14-26-35/h2-30H,1H3. The number of Topliss-reactive ketones (excluding diaryl/α,β-unsaturated/α-hetero) is 1. The molecule has 0 fully saturated rings. The molecule has 6 aromatic carbocycles. The van der Waals surface area contributed by atoms with E-state index in [1.807, 2.05) is 42.5 Å². The molecule has 0 radical (unpaired) electrons. The van der Waals surface area contributed by atoms with Crippen LogP contribution in [0.1, 0.15) is 29.2 Å². The lowest BCUT2D eigenvalue weighted by Crippen LogP contribution is -2.66. The van der Waals surface area contributed by atoms with Crippen LogP contribution in [0.15, 0.2) is 181 Å². The lowest BCUT2D eigenvalue weighted by Gasteiger charge is -2.53. The summed E-state index contributed by atoms with van der Waals surface area (Å²) in [6, 6.07) is 60.9. The minimum Gasteiger partial charge on any atom is -0.308 e. The maximum Gasteiger partial charge on any atom is 0.246 e. The lowest BCUT2D eigenvalue weighted by molar-refractivity contribution is -0.111. The zero-order valence-electron chi connectivity index (χ0n) is 25.4. The van der Waals surface area contributed by atoms with Gasteiger partial charge in [-0.1, -0.05) is 140 Å². The van der Waals surface area contributed by atoms with Crippen molar-refractivity contribution in [1.82, 2.24) is 0 Å². The SMILES string of the molecule is CC(=O)C1=NN(c2ccccc2)C2(c3ccccc3C(c3ccccc3)(c3ccccc3)N2c2ccccc2)N1c1ccccc1. The smallest absolute Gasteiger partial charge is 0.246 e. The van der Waals surface area contributed by atoms with Gasteiger partial charge in [-0.15, -0.1) is 5.10 Å². The van der Waals surface area contributed by atoms with Gasteiger partial charge in [-0.05, 0) is 53.1 Å². The Labute approximate surface area is 269 Å². The minimum atomic E-state index is -1.15. The van der Waals surface area contributed by atoms with E-state index in [2.05, 4.69) is 148 Å². The van der Waals surface area contributed by atoms with Crippen molar-refractivity contribution >= 4 is 28.7 Å². The highest BCUT2D eigenvalue weighted by Gasteiger charge is 2.69. The van der Waals surface area contributed by atoms with Gasteiger partial charge in [0.1, 0.15) is 5.54 Å². The van der Waals surface area contributed by atoms with Crippen LogP contribution in [-0.2, 0) is 16.1 Å². The van der Waals surface area contributed by atoms with Crippen LogP contribution in [0.4, 0.5) is 17.1 Å². The molecule has 0 aromatic heterocycles. The zero-order chi connectivity index (χ0) is 31.1. The van der Waals surface area contributed by atoms with Crippen LogP contribution in [0.5, 0.6) is 0 Å². The maximum absolute atomic E-state index is 13.8. The van der Waals surface area contributed by atoms with E-state index >= 15 is 0 Å². The molecule has 8 rings (SSSR count). The summed E-state index contributed by atoms with van der Waals surface area (Å²) in [6.45, 7) is 1.60. The number of nitrogens with zero attached hydrogens (tertiary/aromatic N) is 4. The molecule has 222 valence electrons. The van der Waals surface area contributed by atoms with Crippen LogP contribution in [0.25, 0.3) is 0 Å². The molecule has 0 saturated heterocycles. The third-order valence-corrected chi connectivity index (χ3v) is 9.07. The number of anilines is 3. The van der Waals surface area contributed by atoms with Gasteiger partial charge in [-0.3, -0.25) is 9.69 Å². The summed E-state index contributed by atoms with van der Waals surface area (Å²) >= 11 is 0. The highest BCUT2D eigenvalue weighted by molar-refractivity contribution is 6.44. The second-order valence-corrected chi connectivity index (χ2v) is 11.6. The van der Waals surface area contributed by atoms with Crippen molar-refractivity contribution < 1.29 is 4.79 Å². The largest absolute Gasteiger partial charge is 0.308 e. The first-order valence-electron chi connectivity index (χ1n) is 15.5. The molecule has 5 nitrogen and oxygen atoms in total. The molecule has 0 saturated carbocycles. The summed E-state index contributed by atoms with van der Waals surface area (Å²) in [4.78, 5) is 18.4. The Hall–Kier alpha value is -5.94. The van der Waals surface area contributed by atoms with Gasteiger partial charge in [0.05, 0.1) is 5.69 Å². The molecule has 5 heteroatoms. The first-order valence-corrected chi connectivity index (χ1v) is 15.5. The summed E-state index contributed by atoms with van der Waals surface area (Å²) in [7, 11) is 0. The van der Waals surface area contributed by atoms with E-state index in [1.165, 1.54) is 0 Å². The minimum absolute atomic E-state index is 0.121. The normalized spacial score (nSPS) is 18.0. The van der Waals surface area contributed by atoms with Crippen molar-refractivity contribution in [2.75, 3.05) is 14.8 Å². The summed E-state index contributed by atoms with van der Waals surface area (Å²) in [5.74, 6) is -0.903. The van der Waals surface area contributed by atoms with Crippen molar-refractivity contribution in [1.29, 1.82) is 0 Å². The van der Waals surface area contributed by atoms with Crippen molar-refractivity contribution in [3.8, 4) is 0 Å². The van der Waals surface area contributed by atoms with Crippen molar-refractivity contribution in [3.63, 3.8) is 0 Å². The number of hydrazone groups is 1. The number of amidine groups is 1. The summed E-state index contributed by atoms with van der Waals surface area (Å²) in [6.07, 6.45) is 0. The van der Waals surface area contributed by atoms with Crippen LogP contribution in [0, 0.1) is 0 Å². The Balaban J connectivity index is 1.61. The molecule has 46 heavy (non-hydrogen) atoms. The highest BCUT2D eigenvalue weighted by atomic mass is 16.1. The Kier molecular flexibility index (Phi) is 6.54. The molecule has 0 amide bonds. The number of carbonyl (C=O) groups excluding carboxylic acids is 1. The van der Waals surface area contributed by atoms with Crippen LogP contribution >= 0.6 is 0 Å². The van der Waals surface area contributed by atoms with E-state index in [1.54, 1.807) is 6.92 Å². The molecule has 0 bridgehead atoms. The molecule has 0 aliphatic carbocycles. The third kappa shape index (κ3) is 3.81. The fraction of sp³-hybridized carbons (Fsp3) is 0.0732. The highest BCUT2D eigenvalue weighted by Crippen LogP contribution is 2.62. The first-order chi connectivity index (χ1) is 22.7. The van der Waals surface area contributed by atoms with Gasteiger partial charge in [0.15, 0.2) is 5.78 Å². The number of ketones is 1. The number of fused-ring (bicyclic) bond motifs is 2. The quantitative estimate of drug-likeness (QED) is 0.193. The monoisotopic (exact) mass is 596 g/mol. The fourth-order valence-electron chi connectivity index (χ4n) is 7.41. The van der Waals surface area contributed by atoms with E-state index in [0.29, 0.717) is 5.84 Å². The molecule has 2 heterocycles. The summed E-state index contributed by atoms with van der Waals surface area (Å²) in [5, 5.41) is 7.31. The molecule has 1 spiro atoms. The van der Waals surface area contributed by atoms with E-state index in [0.717, 1.165) is 39.3 Å². The van der Waals surface area contributed by atoms with Crippen LogP contribution in [-0.4, -0.2) is 11.6 Å². The number of benzene rings is 6. The Bertz CT molecular complexity index is 1990.